The second-order valence-electron chi connectivity index (χ2n) is 1.82. The summed E-state index contributed by atoms with van der Waals surface area (Å²) < 4.78 is 4.97. The van der Waals surface area contributed by atoms with Gasteiger partial charge in [0.1, 0.15) is 5.75 Å². The molecule has 0 bridgehead atoms. The van der Waals surface area contributed by atoms with Gasteiger partial charge in [-0.2, -0.15) is 0 Å². The van der Waals surface area contributed by atoms with E-state index in [9.17, 15) is 0 Å². The smallest absolute Gasteiger partial charge is 0.162 e. The maximum atomic E-state index is 5.43. The number of halogens is 2. The van der Waals surface area contributed by atoms with E-state index >= 15 is 0 Å². The van der Waals surface area contributed by atoms with Crippen molar-refractivity contribution >= 4 is 29.7 Å². The number of hydrogen-bond acceptors (Lipinski definition) is 2. The first-order chi connectivity index (χ1) is 4.83. The van der Waals surface area contributed by atoms with Crippen LogP contribution >= 0.6 is 24.0 Å². The molecule has 11 heavy (non-hydrogen) atoms. The van der Waals surface area contributed by atoms with Crippen molar-refractivity contribution in [2.24, 2.45) is 0 Å². The number of ether oxygens (including phenoxy) is 1. The zero-order chi connectivity index (χ0) is 7.40. The van der Waals surface area contributed by atoms with Crippen molar-refractivity contribution < 1.29 is 4.74 Å². The van der Waals surface area contributed by atoms with E-state index in [4.69, 9.17) is 22.1 Å². The van der Waals surface area contributed by atoms with Gasteiger partial charge in [-0.25, -0.2) is 0 Å². The molecule has 0 aliphatic carbocycles. The summed E-state index contributed by atoms with van der Waals surface area (Å²) >= 11 is 5.32. The SMILES string of the molecule is Cl.Nc1ccc(OCCl)cc1. The monoisotopic (exact) mass is 193 g/mol. The Kier molecular flexibility index (Phi) is 4.83. The number of alkyl halides is 1. The van der Waals surface area contributed by atoms with Crippen molar-refractivity contribution in [2.75, 3.05) is 11.8 Å². The summed E-state index contributed by atoms with van der Waals surface area (Å²) in [5, 5.41) is 0. The van der Waals surface area contributed by atoms with Crippen molar-refractivity contribution in [3.8, 4) is 5.75 Å². The predicted molar refractivity (Wildman–Crippen MR) is 49.5 cm³/mol. The topological polar surface area (TPSA) is 35.2 Å². The van der Waals surface area contributed by atoms with Gasteiger partial charge in [-0.3, -0.25) is 0 Å². The van der Waals surface area contributed by atoms with Crippen LogP contribution in [0.2, 0.25) is 0 Å². The van der Waals surface area contributed by atoms with E-state index in [1.54, 1.807) is 24.3 Å². The molecule has 2 nitrogen and oxygen atoms in total. The molecule has 0 amide bonds. The van der Waals surface area contributed by atoms with Crippen LogP contribution in [-0.2, 0) is 0 Å². The first-order valence-electron chi connectivity index (χ1n) is 2.87. The molecule has 4 heteroatoms. The fourth-order valence-corrected chi connectivity index (χ4v) is 0.753. The lowest BCUT2D eigenvalue weighted by Crippen LogP contribution is -1.89. The Balaban J connectivity index is 0.000001000. The molecule has 2 N–H and O–H groups in total. The fraction of sp³-hybridized carbons (Fsp3) is 0.143. The molecule has 62 valence electrons. The maximum absolute atomic E-state index is 5.43. The first-order valence-corrected chi connectivity index (χ1v) is 3.40. The average Bonchev–Trinajstić information content (AvgIpc) is 1.95. The van der Waals surface area contributed by atoms with Gasteiger partial charge in [0, 0.05) is 5.69 Å². The van der Waals surface area contributed by atoms with Crippen LogP contribution in [0.15, 0.2) is 24.3 Å². The molecular weight excluding hydrogens is 185 g/mol. The second-order valence-corrected chi connectivity index (χ2v) is 2.04. The Bertz CT molecular complexity index is 200. The molecular formula is C7H9Cl2NO. The summed E-state index contributed by atoms with van der Waals surface area (Å²) in [6.07, 6.45) is 0. The third kappa shape index (κ3) is 3.35. The lowest BCUT2D eigenvalue weighted by atomic mass is 10.3. The summed E-state index contributed by atoms with van der Waals surface area (Å²) in [4.78, 5) is 0. The minimum Gasteiger partial charge on any atom is -0.478 e. The van der Waals surface area contributed by atoms with Crippen molar-refractivity contribution in [1.29, 1.82) is 0 Å². The van der Waals surface area contributed by atoms with Gasteiger partial charge in [0.25, 0.3) is 0 Å². The Morgan fingerprint density at radius 2 is 1.82 bits per heavy atom. The molecule has 0 atom stereocenters. The zero-order valence-electron chi connectivity index (χ0n) is 5.79. The van der Waals surface area contributed by atoms with Gasteiger partial charge >= 0.3 is 0 Å². The van der Waals surface area contributed by atoms with Gasteiger partial charge in [-0.1, -0.05) is 11.6 Å². The molecule has 0 saturated carbocycles. The van der Waals surface area contributed by atoms with Crippen molar-refractivity contribution in [3.63, 3.8) is 0 Å². The van der Waals surface area contributed by atoms with Crippen LogP contribution in [-0.4, -0.2) is 6.07 Å². The molecule has 0 heterocycles. The lowest BCUT2D eigenvalue weighted by molar-refractivity contribution is 0.388. The van der Waals surface area contributed by atoms with Crippen molar-refractivity contribution in [3.05, 3.63) is 24.3 Å². The highest BCUT2D eigenvalue weighted by Crippen LogP contribution is 2.12. The molecule has 1 aromatic rings. The fourth-order valence-electron chi connectivity index (χ4n) is 0.627. The van der Waals surface area contributed by atoms with E-state index < -0.39 is 0 Å². The molecule has 0 saturated heterocycles. The summed E-state index contributed by atoms with van der Waals surface area (Å²) in [5.74, 6) is 0.740. The van der Waals surface area contributed by atoms with E-state index in [1.807, 2.05) is 0 Å². The van der Waals surface area contributed by atoms with Crippen LogP contribution in [0.4, 0.5) is 5.69 Å². The van der Waals surface area contributed by atoms with Crippen LogP contribution in [0.3, 0.4) is 0 Å². The van der Waals surface area contributed by atoms with Gasteiger partial charge in [0.15, 0.2) is 6.07 Å². The molecule has 0 spiro atoms. The van der Waals surface area contributed by atoms with Crippen LogP contribution in [0, 0.1) is 0 Å². The third-order valence-electron chi connectivity index (χ3n) is 1.10. The first kappa shape index (κ1) is 10.4. The molecule has 0 radical (unpaired) electrons. The number of anilines is 1. The standard InChI is InChI=1S/C7H8ClNO.ClH/c8-5-10-7-3-1-6(9)2-4-7;/h1-4H,5,9H2;1H. The summed E-state index contributed by atoms with van der Waals surface area (Å²) in [7, 11) is 0. The Hall–Kier alpha value is -0.600. The maximum Gasteiger partial charge on any atom is 0.162 e. The van der Waals surface area contributed by atoms with Crippen LogP contribution in [0.1, 0.15) is 0 Å². The Morgan fingerprint density at radius 1 is 1.27 bits per heavy atom. The van der Waals surface area contributed by atoms with Gasteiger partial charge in [-0.15, -0.1) is 12.4 Å². The van der Waals surface area contributed by atoms with Gasteiger partial charge in [0.05, 0.1) is 0 Å². The Morgan fingerprint density at radius 3 is 2.27 bits per heavy atom. The molecule has 1 aromatic carbocycles. The highest BCUT2D eigenvalue weighted by molar-refractivity contribution is 6.17. The molecule has 0 aliphatic rings. The van der Waals surface area contributed by atoms with Gasteiger partial charge < -0.3 is 10.5 Å². The molecule has 1 rings (SSSR count). The van der Waals surface area contributed by atoms with Crippen molar-refractivity contribution in [1.82, 2.24) is 0 Å². The summed E-state index contributed by atoms with van der Waals surface area (Å²) in [6.45, 7) is 0. The van der Waals surface area contributed by atoms with E-state index in [0.717, 1.165) is 11.4 Å². The summed E-state index contributed by atoms with van der Waals surface area (Å²) in [5.41, 5.74) is 6.16. The van der Waals surface area contributed by atoms with Crippen molar-refractivity contribution in [2.45, 2.75) is 0 Å². The van der Waals surface area contributed by atoms with E-state index in [0.29, 0.717) is 0 Å². The number of nitrogen functional groups attached to an aromatic ring is 1. The highest BCUT2D eigenvalue weighted by atomic mass is 35.5. The van der Waals surface area contributed by atoms with E-state index in [1.165, 1.54) is 0 Å². The number of nitrogens with two attached hydrogens (primary N) is 1. The summed E-state index contributed by atoms with van der Waals surface area (Å²) in [6, 6.07) is 7.25. The van der Waals surface area contributed by atoms with Crippen LogP contribution in [0.5, 0.6) is 5.75 Å². The van der Waals surface area contributed by atoms with E-state index in [-0.39, 0.29) is 18.5 Å². The molecule has 0 unspecified atom stereocenters. The molecule has 0 aromatic heterocycles. The second kappa shape index (κ2) is 5.10. The van der Waals surface area contributed by atoms with Gasteiger partial charge in [-0.05, 0) is 24.3 Å². The Labute approximate surface area is 76.7 Å². The lowest BCUT2D eigenvalue weighted by Gasteiger charge is -1.99. The highest BCUT2D eigenvalue weighted by Gasteiger charge is 1.88. The van der Waals surface area contributed by atoms with Crippen LogP contribution in [0.25, 0.3) is 0 Å². The average molecular weight is 194 g/mol. The van der Waals surface area contributed by atoms with Crippen LogP contribution < -0.4 is 10.5 Å². The quantitative estimate of drug-likeness (QED) is 0.578. The van der Waals surface area contributed by atoms with Gasteiger partial charge in [0.2, 0.25) is 0 Å². The minimum absolute atomic E-state index is 0. The molecule has 0 aliphatic heterocycles. The third-order valence-corrected chi connectivity index (χ3v) is 1.21. The number of benzene rings is 1. The predicted octanol–water partition coefficient (Wildman–Crippen LogP) is 2.27. The molecule has 0 fully saturated rings. The minimum atomic E-state index is 0. The number of hydrogen-bond donors (Lipinski definition) is 1. The zero-order valence-corrected chi connectivity index (χ0v) is 7.36. The number of rotatable bonds is 2. The van der Waals surface area contributed by atoms with E-state index in [2.05, 4.69) is 0 Å². The normalized spacial score (nSPS) is 8.45. The largest absolute Gasteiger partial charge is 0.478 e.